The van der Waals surface area contributed by atoms with Crippen molar-refractivity contribution in [2.75, 3.05) is 13.1 Å². The summed E-state index contributed by atoms with van der Waals surface area (Å²) >= 11 is 0. The summed E-state index contributed by atoms with van der Waals surface area (Å²) < 4.78 is 0. The predicted molar refractivity (Wildman–Crippen MR) is 73.3 cm³/mol. The van der Waals surface area contributed by atoms with Crippen molar-refractivity contribution in [2.24, 2.45) is 11.7 Å². The van der Waals surface area contributed by atoms with E-state index in [4.69, 9.17) is 5.73 Å². The van der Waals surface area contributed by atoms with Gasteiger partial charge in [0, 0.05) is 31.9 Å². The first-order valence-corrected chi connectivity index (χ1v) is 6.04. The summed E-state index contributed by atoms with van der Waals surface area (Å²) in [5, 5.41) is 0. The molecule has 1 aromatic rings. The molecule has 0 aliphatic carbocycles. The summed E-state index contributed by atoms with van der Waals surface area (Å²) in [4.78, 5) is 6.89. The Balaban J connectivity index is 0.00000144. The largest absolute Gasteiger partial charge is 0.327 e. The highest BCUT2D eigenvalue weighted by Gasteiger charge is 2.22. The van der Waals surface area contributed by atoms with E-state index in [0.29, 0.717) is 12.0 Å². The number of hydrogen-bond donors (Lipinski definition) is 1. The minimum Gasteiger partial charge on any atom is -0.327 e. The molecule has 1 fully saturated rings. The number of halogens is 1. The minimum atomic E-state index is 0. The number of nitrogens with zero attached hydrogens (tertiary/aromatic N) is 2. The van der Waals surface area contributed by atoms with Gasteiger partial charge in [0.05, 0.1) is 5.69 Å². The second-order valence-corrected chi connectivity index (χ2v) is 4.99. The lowest BCUT2D eigenvalue weighted by Crippen LogP contribution is -2.45. The van der Waals surface area contributed by atoms with Gasteiger partial charge < -0.3 is 5.73 Å². The maximum Gasteiger partial charge on any atom is 0.0544 e. The lowest BCUT2D eigenvalue weighted by Gasteiger charge is -2.34. The number of rotatable bonds is 2. The van der Waals surface area contributed by atoms with E-state index in [1.54, 1.807) is 0 Å². The van der Waals surface area contributed by atoms with Crippen LogP contribution in [0.25, 0.3) is 0 Å². The molecule has 3 nitrogen and oxygen atoms in total. The van der Waals surface area contributed by atoms with E-state index < -0.39 is 0 Å². The zero-order chi connectivity index (χ0) is 11.5. The van der Waals surface area contributed by atoms with E-state index in [1.807, 2.05) is 6.20 Å². The predicted octanol–water partition coefficient (Wildman–Crippen LogP) is 1.98. The van der Waals surface area contributed by atoms with Crippen LogP contribution in [0.2, 0.25) is 0 Å². The Kier molecular flexibility index (Phi) is 5.37. The van der Waals surface area contributed by atoms with Gasteiger partial charge in [0.1, 0.15) is 0 Å². The van der Waals surface area contributed by atoms with Crippen molar-refractivity contribution in [2.45, 2.75) is 32.9 Å². The van der Waals surface area contributed by atoms with Crippen LogP contribution in [-0.2, 0) is 6.54 Å². The van der Waals surface area contributed by atoms with E-state index in [0.717, 1.165) is 31.7 Å². The maximum atomic E-state index is 6.01. The molecule has 0 spiro atoms. The lowest BCUT2D eigenvalue weighted by atomic mass is 9.95. The second-order valence-electron chi connectivity index (χ2n) is 4.99. The van der Waals surface area contributed by atoms with E-state index in [-0.39, 0.29) is 12.4 Å². The molecule has 1 aromatic heterocycles. The van der Waals surface area contributed by atoms with Crippen molar-refractivity contribution in [3.8, 4) is 0 Å². The van der Waals surface area contributed by atoms with Gasteiger partial charge in [0.2, 0.25) is 0 Å². The van der Waals surface area contributed by atoms with Gasteiger partial charge >= 0.3 is 0 Å². The van der Waals surface area contributed by atoms with E-state index in [2.05, 4.69) is 35.9 Å². The molecule has 2 rings (SSSR count). The van der Waals surface area contributed by atoms with Crippen LogP contribution in [0.3, 0.4) is 0 Å². The van der Waals surface area contributed by atoms with Crippen molar-refractivity contribution in [1.82, 2.24) is 9.88 Å². The zero-order valence-electron chi connectivity index (χ0n) is 10.6. The Hall–Kier alpha value is -0.640. The number of aromatic nitrogens is 1. The summed E-state index contributed by atoms with van der Waals surface area (Å²) in [7, 11) is 0. The fraction of sp³-hybridized carbons (Fsp3) is 0.615. The van der Waals surface area contributed by atoms with Gasteiger partial charge in [0.25, 0.3) is 0 Å². The highest BCUT2D eigenvalue weighted by molar-refractivity contribution is 5.85. The Morgan fingerprint density at radius 3 is 2.82 bits per heavy atom. The van der Waals surface area contributed by atoms with Crippen LogP contribution in [0, 0.1) is 12.8 Å². The molecular weight excluding hydrogens is 234 g/mol. The third-order valence-corrected chi connectivity index (χ3v) is 3.41. The van der Waals surface area contributed by atoms with Crippen LogP contribution < -0.4 is 5.73 Å². The van der Waals surface area contributed by atoms with Crippen LogP contribution in [0.1, 0.15) is 24.6 Å². The first-order chi connectivity index (χ1) is 7.65. The van der Waals surface area contributed by atoms with E-state index in [1.165, 1.54) is 5.56 Å². The molecule has 0 amide bonds. The van der Waals surface area contributed by atoms with Gasteiger partial charge in [-0.2, -0.15) is 0 Å². The normalized spacial score (nSPS) is 25.4. The van der Waals surface area contributed by atoms with Crippen molar-refractivity contribution >= 4 is 12.4 Å². The molecule has 2 atom stereocenters. The summed E-state index contributed by atoms with van der Waals surface area (Å²) in [6.45, 7) is 7.45. The smallest absolute Gasteiger partial charge is 0.0544 e. The monoisotopic (exact) mass is 255 g/mol. The number of pyridine rings is 1. The number of hydrogen-bond acceptors (Lipinski definition) is 3. The highest BCUT2D eigenvalue weighted by atomic mass is 35.5. The molecule has 2 N–H and O–H groups in total. The van der Waals surface area contributed by atoms with Crippen LogP contribution in [0.4, 0.5) is 0 Å². The number of aryl methyl sites for hydroxylation is 1. The first kappa shape index (κ1) is 14.4. The van der Waals surface area contributed by atoms with Gasteiger partial charge in [-0.05, 0) is 30.9 Å². The average molecular weight is 256 g/mol. The third kappa shape index (κ3) is 3.95. The molecule has 0 aromatic carbocycles. The average Bonchev–Trinajstić information content (AvgIpc) is 2.27. The molecule has 1 aliphatic rings. The Bertz CT molecular complexity index is 339. The molecule has 4 heteroatoms. The first-order valence-electron chi connectivity index (χ1n) is 6.04. The summed E-state index contributed by atoms with van der Waals surface area (Å²) in [6, 6.07) is 4.62. The Morgan fingerprint density at radius 1 is 1.47 bits per heavy atom. The van der Waals surface area contributed by atoms with Crippen LogP contribution in [-0.4, -0.2) is 29.0 Å². The maximum absolute atomic E-state index is 6.01. The highest BCUT2D eigenvalue weighted by Crippen LogP contribution is 2.16. The molecule has 1 saturated heterocycles. The summed E-state index contributed by atoms with van der Waals surface area (Å²) in [5.41, 5.74) is 8.39. The molecule has 0 bridgehead atoms. The molecule has 2 heterocycles. The topological polar surface area (TPSA) is 42.1 Å². The molecule has 2 unspecified atom stereocenters. The molecule has 96 valence electrons. The fourth-order valence-electron chi connectivity index (χ4n) is 2.21. The lowest BCUT2D eigenvalue weighted by molar-refractivity contribution is 0.156. The van der Waals surface area contributed by atoms with Crippen LogP contribution in [0.5, 0.6) is 0 Å². The molecule has 17 heavy (non-hydrogen) atoms. The van der Waals surface area contributed by atoms with Gasteiger partial charge in [-0.1, -0.05) is 13.0 Å². The number of nitrogens with two attached hydrogens (primary N) is 1. The van der Waals surface area contributed by atoms with Crippen molar-refractivity contribution < 1.29 is 0 Å². The van der Waals surface area contributed by atoms with Crippen LogP contribution in [0.15, 0.2) is 18.3 Å². The Labute approximate surface area is 110 Å². The second kappa shape index (κ2) is 6.34. The van der Waals surface area contributed by atoms with Gasteiger partial charge in [-0.15, -0.1) is 12.4 Å². The Morgan fingerprint density at radius 2 is 2.24 bits per heavy atom. The summed E-state index contributed by atoms with van der Waals surface area (Å²) in [6.07, 6.45) is 3.04. The van der Waals surface area contributed by atoms with Crippen molar-refractivity contribution in [3.63, 3.8) is 0 Å². The van der Waals surface area contributed by atoms with E-state index >= 15 is 0 Å². The number of piperidine rings is 1. The fourth-order valence-corrected chi connectivity index (χ4v) is 2.21. The van der Waals surface area contributed by atoms with Gasteiger partial charge in [-0.25, -0.2) is 0 Å². The zero-order valence-corrected chi connectivity index (χ0v) is 11.4. The standard InChI is InChI=1S/C13H21N3.ClH/c1-10-3-4-12(15-7-10)9-16-6-5-13(14)11(2)8-16;/h3-4,7,11,13H,5-6,8-9,14H2,1-2H3;1H. The molecule has 1 aliphatic heterocycles. The molecular formula is C13H22ClN3. The quantitative estimate of drug-likeness (QED) is 0.879. The van der Waals surface area contributed by atoms with Crippen molar-refractivity contribution in [3.05, 3.63) is 29.6 Å². The molecule has 0 saturated carbocycles. The van der Waals surface area contributed by atoms with Gasteiger partial charge in [0.15, 0.2) is 0 Å². The van der Waals surface area contributed by atoms with Gasteiger partial charge in [-0.3, -0.25) is 9.88 Å². The van der Waals surface area contributed by atoms with Crippen LogP contribution >= 0.6 is 12.4 Å². The molecule has 0 radical (unpaired) electrons. The SMILES string of the molecule is Cc1ccc(CN2CCC(N)C(C)C2)nc1.Cl. The summed E-state index contributed by atoms with van der Waals surface area (Å²) in [5.74, 6) is 0.596. The minimum absolute atomic E-state index is 0. The third-order valence-electron chi connectivity index (χ3n) is 3.41. The van der Waals surface area contributed by atoms with E-state index in [9.17, 15) is 0 Å². The number of likely N-dealkylation sites (tertiary alicyclic amines) is 1. The van der Waals surface area contributed by atoms with Crippen molar-refractivity contribution in [1.29, 1.82) is 0 Å².